The molecule has 0 bridgehead atoms. The Morgan fingerprint density at radius 2 is 2.12 bits per heavy atom. The monoisotopic (exact) mass is 361 g/mol. The Bertz CT molecular complexity index is 684. The Kier molecular flexibility index (Phi) is 5.98. The zero-order chi connectivity index (χ0) is 18.5. The van der Waals surface area contributed by atoms with E-state index in [0.717, 1.165) is 18.6 Å². The maximum absolute atomic E-state index is 13.0. The van der Waals surface area contributed by atoms with Crippen LogP contribution in [0.5, 0.6) is 0 Å². The summed E-state index contributed by atoms with van der Waals surface area (Å²) in [6, 6.07) is 5.93. The van der Waals surface area contributed by atoms with Crippen molar-refractivity contribution in [3.05, 3.63) is 35.6 Å². The Morgan fingerprint density at radius 1 is 1.35 bits per heavy atom. The summed E-state index contributed by atoms with van der Waals surface area (Å²) < 4.78 is 18.4. The number of benzene rings is 1. The van der Waals surface area contributed by atoms with Gasteiger partial charge in [-0.15, -0.1) is 0 Å². The molecule has 7 heteroatoms. The number of ether oxygens (including phenoxy) is 1. The van der Waals surface area contributed by atoms with Crippen molar-refractivity contribution in [1.82, 2.24) is 9.91 Å². The van der Waals surface area contributed by atoms with Gasteiger partial charge in [-0.05, 0) is 31.0 Å². The largest absolute Gasteiger partial charge is 0.381 e. The van der Waals surface area contributed by atoms with Gasteiger partial charge in [0.1, 0.15) is 11.5 Å². The van der Waals surface area contributed by atoms with Crippen LogP contribution in [0.25, 0.3) is 0 Å². The molecule has 0 saturated carbocycles. The van der Waals surface area contributed by atoms with Gasteiger partial charge in [-0.1, -0.05) is 12.1 Å². The predicted octanol–water partition coefficient (Wildman–Crippen LogP) is 2.19. The zero-order valence-electron chi connectivity index (χ0n) is 15.0. The van der Waals surface area contributed by atoms with E-state index < -0.39 is 0 Å². The van der Waals surface area contributed by atoms with Crippen molar-refractivity contribution in [2.24, 2.45) is 11.0 Å². The average Bonchev–Trinajstić information content (AvgIpc) is 3.16. The van der Waals surface area contributed by atoms with Crippen LogP contribution >= 0.6 is 0 Å². The molecule has 140 valence electrons. The molecule has 1 fully saturated rings. The van der Waals surface area contributed by atoms with Gasteiger partial charge < -0.3 is 9.64 Å². The van der Waals surface area contributed by atoms with Crippen LogP contribution in [0.3, 0.4) is 0 Å². The standard InChI is InChI=1S/C19H24FN3O3/c1-2-22(11-15-9-10-26-13-15)19(25)17-7-8-18(24)23(21-17)12-14-3-5-16(20)6-4-14/h3-6,15H,2,7-13H2,1H3. The number of rotatable bonds is 6. The van der Waals surface area contributed by atoms with Crippen molar-refractivity contribution in [1.29, 1.82) is 0 Å². The highest BCUT2D eigenvalue weighted by Gasteiger charge is 2.29. The molecule has 0 spiro atoms. The van der Waals surface area contributed by atoms with Crippen LogP contribution in [0.2, 0.25) is 0 Å². The maximum atomic E-state index is 13.0. The summed E-state index contributed by atoms with van der Waals surface area (Å²) in [6.07, 6.45) is 1.58. The summed E-state index contributed by atoms with van der Waals surface area (Å²) in [5.41, 5.74) is 1.18. The first-order valence-corrected chi connectivity index (χ1v) is 9.06. The molecule has 1 saturated heterocycles. The van der Waals surface area contributed by atoms with Crippen LogP contribution < -0.4 is 0 Å². The van der Waals surface area contributed by atoms with Crippen LogP contribution in [0.4, 0.5) is 4.39 Å². The first kappa shape index (κ1) is 18.5. The Balaban J connectivity index is 1.69. The normalized spacial score (nSPS) is 20.2. The van der Waals surface area contributed by atoms with Crippen molar-refractivity contribution in [3.8, 4) is 0 Å². The predicted molar refractivity (Wildman–Crippen MR) is 94.8 cm³/mol. The average molecular weight is 361 g/mol. The molecule has 1 aromatic carbocycles. The molecule has 1 unspecified atom stereocenters. The fraction of sp³-hybridized carbons (Fsp3) is 0.526. The summed E-state index contributed by atoms with van der Waals surface area (Å²) >= 11 is 0. The number of hydrogen-bond acceptors (Lipinski definition) is 4. The minimum Gasteiger partial charge on any atom is -0.381 e. The molecular weight excluding hydrogens is 337 g/mol. The molecule has 26 heavy (non-hydrogen) atoms. The topological polar surface area (TPSA) is 62.2 Å². The van der Waals surface area contributed by atoms with E-state index in [1.807, 2.05) is 6.92 Å². The van der Waals surface area contributed by atoms with Crippen molar-refractivity contribution < 1.29 is 18.7 Å². The van der Waals surface area contributed by atoms with E-state index in [1.165, 1.54) is 17.1 Å². The lowest BCUT2D eigenvalue weighted by molar-refractivity contribution is -0.132. The van der Waals surface area contributed by atoms with Crippen molar-refractivity contribution in [2.45, 2.75) is 32.7 Å². The third kappa shape index (κ3) is 4.46. The molecule has 0 radical (unpaired) electrons. The number of carbonyl (C=O) groups is 2. The van der Waals surface area contributed by atoms with Gasteiger partial charge in [0.05, 0.1) is 13.2 Å². The number of carbonyl (C=O) groups excluding carboxylic acids is 2. The molecule has 3 rings (SSSR count). The first-order valence-electron chi connectivity index (χ1n) is 9.06. The third-order valence-electron chi connectivity index (χ3n) is 4.77. The minimum atomic E-state index is -0.326. The lowest BCUT2D eigenvalue weighted by atomic mass is 10.1. The molecular formula is C19H24FN3O3. The first-order chi connectivity index (χ1) is 12.6. The molecule has 2 heterocycles. The highest BCUT2D eigenvalue weighted by molar-refractivity contribution is 6.39. The van der Waals surface area contributed by atoms with E-state index in [1.54, 1.807) is 17.0 Å². The van der Waals surface area contributed by atoms with Gasteiger partial charge in [0.2, 0.25) is 5.91 Å². The summed E-state index contributed by atoms with van der Waals surface area (Å²) in [4.78, 5) is 26.8. The van der Waals surface area contributed by atoms with E-state index in [0.29, 0.717) is 37.7 Å². The molecule has 2 aliphatic heterocycles. The second-order valence-electron chi connectivity index (χ2n) is 6.70. The number of halogens is 1. The Morgan fingerprint density at radius 3 is 2.77 bits per heavy atom. The number of hydrogen-bond donors (Lipinski definition) is 0. The van der Waals surface area contributed by atoms with Gasteiger partial charge in [0.15, 0.2) is 0 Å². The molecule has 0 aromatic heterocycles. The van der Waals surface area contributed by atoms with Gasteiger partial charge in [0.25, 0.3) is 5.91 Å². The molecule has 0 N–H and O–H groups in total. The molecule has 2 amide bonds. The van der Waals surface area contributed by atoms with Crippen LogP contribution in [0, 0.1) is 11.7 Å². The quantitative estimate of drug-likeness (QED) is 0.780. The van der Waals surface area contributed by atoms with E-state index in [2.05, 4.69) is 5.10 Å². The summed E-state index contributed by atoms with van der Waals surface area (Å²) in [5.74, 6) is -0.207. The zero-order valence-corrected chi connectivity index (χ0v) is 15.0. The fourth-order valence-electron chi connectivity index (χ4n) is 3.22. The summed E-state index contributed by atoms with van der Waals surface area (Å²) in [6.45, 7) is 4.86. The smallest absolute Gasteiger partial charge is 0.270 e. The minimum absolute atomic E-state index is 0.115. The van der Waals surface area contributed by atoms with Crippen molar-refractivity contribution in [2.75, 3.05) is 26.3 Å². The van der Waals surface area contributed by atoms with Crippen LogP contribution in [0.1, 0.15) is 31.7 Å². The van der Waals surface area contributed by atoms with Gasteiger partial charge in [-0.2, -0.15) is 5.10 Å². The highest BCUT2D eigenvalue weighted by Crippen LogP contribution is 2.18. The maximum Gasteiger partial charge on any atom is 0.270 e. The lowest BCUT2D eigenvalue weighted by Crippen LogP contribution is -2.43. The van der Waals surface area contributed by atoms with Crippen LogP contribution in [-0.4, -0.2) is 53.7 Å². The highest BCUT2D eigenvalue weighted by atomic mass is 19.1. The van der Waals surface area contributed by atoms with Crippen LogP contribution in [-0.2, 0) is 20.9 Å². The van der Waals surface area contributed by atoms with E-state index in [4.69, 9.17) is 4.74 Å². The third-order valence-corrected chi connectivity index (χ3v) is 4.77. The van der Waals surface area contributed by atoms with E-state index in [9.17, 15) is 14.0 Å². The molecule has 0 aliphatic carbocycles. The second kappa shape index (κ2) is 8.40. The summed E-state index contributed by atoms with van der Waals surface area (Å²) in [5, 5.41) is 5.62. The molecule has 1 atom stereocenters. The van der Waals surface area contributed by atoms with Crippen LogP contribution in [0.15, 0.2) is 29.4 Å². The molecule has 6 nitrogen and oxygen atoms in total. The van der Waals surface area contributed by atoms with Gasteiger partial charge in [-0.25, -0.2) is 9.40 Å². The van der Waals surface area contributed by atoms with Gasteiger partial charge in [0, 0.05) is 38.5 Å². The Hall–Kier alpha value is -2.28. The van der Waals surface area contributed by atoms with Gasteiger partial charge >= 0.3 is 0 Å². The Labute approximate surface area is 152 Å². The van der Waals surface area contributed by atoms with Crippen molar-refractivity contribution in [3.63, 3.8) is 0 Å². The van der Waals surface area contributed by atoms with Gasteiger partial charge in [-0.3, -0.25) is 9.59 Å². The lowest BCUT2D eigenvalue weighted by Gasteiger charge is -2.28. The SMILES string of the molecule is CCN(CC1CCOC1)C(=O)C1=NN(Cc2ccc(F)cc2)C(=O)CC1. The molecule has 2 aliphatic rings. The summed E-state index contributed by atoms with van der Waals surface area (Å²) in [7, 11) is 0. The number of hydrazone groups is 1. The molecule has 1 aromatic rings. The van der Waals surface area contributed by atoms with E-state index >= 15 is 0 Å². The number of amides is 2. The second-order valence-corrected chi connectivity index (χ2v) is 6.70. The fourth-order valence-corrected chi connectivity index (χ4v) is 3.22. The number of nitrogens with zero attached hydrogens (tertiary/aromatic N) is 3. The van der Waals surface area contributed by atoms with Crippen molar-refractivity contribution >= 4 is 17.5 Å². The van der Waals surface area contributed by atoms with E-state index in [-0.39, 0.29) is 30.6 Å².